The number of rotatable bonds is 1. The largest absolute Gasteiger partial charge is 0.390 e. The third-order valence-electron chi connectivity index (χ3n) is 4.26. The van der Waals surface area contributed by atoms with Crippen molar-refractivity contribution in [2.24, 2.45) is 7.05 Å². The summed E-state index contributed by atoms with van der Waals surface area (Å²) in [5.41, 5.74) is 0.317. The van der Waals surface area contributed by atoms with Gasteiger partial charge < -0.3 is 10.0 Å². The number of fused-ring (bicyclic) bond motifs is 1. The normalized spacial score (nSPS) is 23.5. The number of carbonyl (C=O) groups excluding carboxylic acids is 1. The van der Waals surface area contributed by atoms with Gasteiger partial charge in [0, 0.05) is 25.5 Å². The summed E-state index contributed by atoms with van der Waals surface area (Å²) in [5.74, 6) is 0.0771. The molecule has 114 valence electrons. The molecule has 0 spiro atoms. The van der Waals surface area contributed by atoms with Gasteiger partial charge in [0.15, 0.2) is 0 Å². The number of hydrogen-bond acceptors (Lipinski definition) is 4. The van der Waals surface area contributed by atoms with E-state index in [4.69, 9.17) is 0 Å². The molecule has 0 saturated carbocycles. The van der Waals surface area contributed by atoms with Crippen LogP contribution in [0.2, 0.25) is 0 Å². The number of aryl methyl sites for hydroxylation is 2. The van der Waals surface area contributed by atoms with E-state index in [0.29, 0.717) is 13.0 Å². The quantitative estimate of drug-likeness (QED) is 0.879. The van der Waals surface area contributed by atoms with Crippen molar-refractivity contribution in [1.29, 1.82) is 0 Å². The first-order valence-corrected chi connectivity index (χ1v) is 8.14. The number of hydrogen-bond donors (Lipinski definition) is 1. The Bertz CT molecular complexity index is 652. The van der Waals surface area contributed by atoms with E-state index in [2.05, 4.69) is 5.10 Å². The molecule has 2 aromatic heterocycles. The van der Waals surface area contributed by atoms with Gasteiger partial charge in [-0.1, -0.05) is 0 Å². The van der Waals surface area contributed by atoms with Gasteiger partial charge in [0.25, 0.3) is 5.91 Å². The molecule has 1 aliphatic rings. The summed E-state index contributed by atoms with van der Waals surface area (Å²) in [6.07, 6.45) is 2.25. The summed E-state index contributed by atoms with van der Waals surface area (Å²) in [7, 11) is 1.91. The molecule has 0 radical (unpaired) electrons. The number of aliphatic hydroxyl groups is 1. The van der Waals surface area contributed by atoms with Crippen LogP contribution in [0.1, 0.15) is 41.6 Å². The molecular weight excluding hydrogens is 286 g/mol. The number of amides is 1. The number of carbonyl (C=O) groups is 1. The van der Waals surface area contributed by atoms with E-state index in [1.54, 1.807) is 0 Å². The van der Waals surface area contributed by atoms with Crippen molar-refractivity contribution in [3.63, 3.8) is 0 Å². The fourth-order valence-corrected chi connectivity index (χ4v) is 4.02. The highest BCUT2D eigenvalue weighted by Crippen LogP contribution is 2.29. The Morgan fingerprint density at radius 3 is 2.90 bits per heavy atom. The number of nitrogens with zero attached hydrogens (tertiary/aromatic N) is 3. The van der Waals surface area contributed by atoms with Gasteiger partial charge in [-0.15, -0.1) is 11.3 Å². The van der Waals surface area contributed by atoms with E-state index < -0.39 is 5.60 Å². The molecule has 6 heteroatoms. The molecule has 2 aromatic rings. The van der Waals surface area contributed by atoms with Crippen LogP contribution in [0.15, 0.2) is 6.07 Å². The number of thiophene rings is 1. The first-order valence-electron chi connectivity index (χ1n) is 7.32. The van der Waals surface area contributed by atoms with E-state index in [-0.39, 0.29) is 5.91 Å². The standard InChI is InChI=1S/C15H21N3O2S/c1-10-11-9-12(21-14(11)17(3)16-10)13(19)18-7-4-5-15(2,20)6-8-18/h9,20H,4-8H2,1-3H3. The van der Waals surface area contributed by atoms with Crippen LogP contribution in [-0.2, 0) is 7.05 Å². The average Bonchev–Trinajstić information content (AvgIpc) is 2.90. The summed E-state index contributed by atoms with van der Waals surface area (Å²) < 4.78 is 1.83. The van der Waals surface area contributed by atoms with E-state index in [0.717, 1.165) is 40.2 Å². The summed E-state index contributed by atoms with van der Waals surface area (Å²) >= 11 is 1.50. The van der Waals surface area contributed by atoms with Crippen LogP contribution >= 0.6 is 11.3 Å². The van der Waals surface area contributed by atoms with Crippen LogP contribution in [0.5, 0.6) is 0 Å². The smallest absolute Gasteiger partial charge is 0.264 e. The second-order valence-electron chi connectivity index (χ2n) is 6.18. The van der Waals surface area contributed by atoms with Crippen molar-refractivity contribution in [2.45, 2.75) is 38.7 Å². The second kappa shape index (κ2) is 5.10. The number of likely N-dealkylation sites (tertiary alicyclic amines) is 1. The lowest BCUT2D eigenvalue weighted by molar-refractivity contribution is 0.0438. The van der Waals surface area contributed by atoms with E-state index in [9.17, 15) is 9.90 Å². The Morgan fingerprint density at radius 1 is 1.43 bits per heavy atom. The van der Waals surface area contributed by atoms with Gasteiger partial charge in [-0.05, 0) is 39.2 Å². The monoisotopic (exact) mass is 307 g/mol. The fraction of sp³-hybridized carbons (Fsp3) is 0.600. The minimum Gasteiger partial charge on any atom is -0.390 e. The van der Waals surface area contributed by atoms with Gasteiger partial charge in [-0.25, -0.2) is 0 Å². The molecule has 0 aromatic carbocycles. The maximum Gasteiger partial charge on any atom is 0.264 e. The summed E-state index contributed by atoms with van der Waals surface area (Å²) in [4.78, 5) is 16.4. The molecule has 21 heavy (non-hydrogen) atoms. The lowest BCUT2D eigenvalue weighted by Gasteiger charge is -2.22. The third kappa shape index (κ3) is 2.70. The van der Waals surface area contributed by atoms with Crippen LogP contribution in [0.3, 0.4) is 0 Å². The van der Waals surface area contributed by atoms with Crippen molar-refractivity contribution >= 4 is 27.5 Å². The fourth-order valence-electron chi connectivity index (χ4n) is 2.93. The van der Waals surface area contributed by atoms with Crippen molar-refractivity contribution in [1.82, 2.24) is 14.7 Å². The molecule has 3 heterocycles. The second-order valence-corrected chi connectivity index (χ2v) is 7.21. The lowest BCUT2D eigenvalue weighted by Crippen LogP contribution is -2.33. The van der Waals surface area contributed by atoms with Crippen LogP contribution in [0.4, 0.5) is 0 Å². The maximum atomic E-state index is 12.7. The van der Waals surface area contributed by atoms with Gasteiger partial charge in [0.05, 0.1) is 16.2 Å². The first-order chi connectivity index (χ1) is 9.87. The van der Waals surface area contributed by atoms with Gasteiger partial charge in [-0.3, -0.25) is 9.48 Å². The summed E-state index contributed by atoms with van der Waals surface area (Å²) in [5, 5.41) is 15.6. The van der Waals surface area contributed by atoms with E-state index in [1.807, 2.05) is 36.5 Å². The van der Waals surface area contributed by atoms with Gasteiger partial charge in [0.1, 0.15) is 4.83 Å². The first kappa shape index (κ1) is 14.5. The van der Waals surface area contributed by atoms with Crippen LogP contribution < -0.4 is 0 Å². The van der Waals surface area contributed by atoms with E-state index in [1.165, 1.54) is 11.3 Å². The highest BCUT2D eigenvalue weighted by Gasteiger charge is 2.28. The maximum absolute atomic E-state index is 12.7. The average molecular weight is 307 g/mol. The molecule has 1 amide bonds. The minimum atomic E-state index is -0.643. The minimum absolute atomic E-state index is 0.0771. The highest BCUT2D eigenvalue weighted by atomic mass is 32.1. The zero-order valence-corrected chi connectivity index (χ0v) is 13.5. The Hall–Kier alpha value is -1.40. The van der Waals surface area contributed by atoms with Crippen molar-refractivity contribution < 1.29 is 9.90 Å². The highest BCUT2D eigenvalue weighted by molar-refractivity contribution is 7.20. The SMILES string of the molecule is Cc1nn(C)c2sc(C(=O)N3CCCC(C)(O)CC3)cc12. The topological polar surface area (TPSA) is 58.4 Å². The summed E-state index contributed by atoms with van der Waals surface area (Å²) in [6, 6.07) is 1.95. The van der Waals surface area contributed by atoms with Gasteiger partial charge in [-0.2, -0.15) is 5.10 Å². The van der Waals surface area contributed by atoms with Gasteiger partial charge >= 0.3 is 0 Å². The molecule has 1 atom stereocenters. The zero-order valence-electron chi connectivity index (χ0n) is 12.7. The third-order valence-corrected chi connectivity index (χ3v) is 5.45. The molecule has 1 aliphatic heterocycles. The summed E-state index contributed by atoms with van der Waals surface area (Å²) in [6.45, 7) is 5.17. The molecule has 1 N–H and O–H groups in total. The molecule has 0 bridgehead atoms. The molecule has 0 aliphatic carbocycles. The number of aromatic nitrogens is 2. The predicted octanol–water partition coefficient (Wildman–Crippen LogP) is 2.32. The van der Waals surface area contributed by atoms with Gasteiger partial charge in [0.2, 0.25) is 0 Å². The predicted molar refractivity (Wildman–Crippen MR) is 83.7 cm³/mol. The van der Waals surface area contributed by atoms with Crippen LogP contribution in [0, 0.1) is 6.92 Å². The van der Waals surface area contributed by atoms with Crippen molar-refractivity contribution in [3.8, 4) is 0 Å². The molecule has 1 unspecified atom stereocenters. The van der Waals surface area contributed by atoms with Crippen LogP contribution in [-0.4, -0.2) is 44.4 Å². The van der Waals surface area contributed by atoms with Crippen molar-refractivity contribution in [2.75, 3.05) is 13.1 Å². The lowest BCUT2D eigenvalue weighted by atomic mass is 9.98. The van der Waals surface area contributed by atoms with Crippen LogP contribution in [0.25, 0.3) is 10.2 Å². The molecular formula is C15H21N3O2S. The molecule has 1 saturated heterocycles. The molecule has 5 nitrogen and oxygen atoms in total. The molecule has 3 rings (SSSR count). The Balaban J connectivity index is 1.85. The Morgan fingerprint density at radius 2 is 2.19 bits per heavy atom. The molecule has 1 fully saturated rings. The van der Waals surface area contributed by atoms with E-state index >= 15 is 0 Å². The Labute approximate surface area is 128 Å². The van der Waals surface area contributed by atoms with Crippen molar-refractivity contribution in [3.05, 3.63) is 16.6 Å². The Kier molecular flexibility index (Phi) is 3.53. The zero-order chi connectivity index (χ0) is 15.2.